The molecule has 2 aromatic carbocycles. The molecule has 0 spiro atoms. The van der Waals surface area contributed by atoms with E-state index in [0.29, 0.717) is 5.69 Å². The van der Waals surface area contributed by atoms with Gasteiger partial charge in [0, 0.05) is 15.5 Å². The molecule has 0 aliphatic heterocycles. The third-order valence-corrected chi connectivity index (χ3v) is 3.31. The molecule has 0 unspecified atom stereocenters. The lowest BCUT2D eigenvalue weighted by atomic mass is 10.2. The zero-order valence-electron chi connectivity index (χ0n) is 9.33. The molecule has 0 amide bonds. The van der Waals surface area contributed by atoms with E-state index < -0.39 is 5.97 Å². The summed E-state index contributed by atoms with van der Waals surface area (Å²) in [5, 5.41) is 18.3. The average molecular weight is 261 g/mol. The fourth-order valence-corrected chi connectivity index (χ4v) is 2.28. The molecule has 0 saturated carbocycles. The molecule has 0 atom stereocenters. The maximum Gasteiger partial charge on any atom is 0.339 e. The van der Waals surface area contributed by atoms with Crippen LogP contribution in [0.25, 0.3) is 0 Å². The minimum Gasteiger partial charge on any atom is -0.507 e. The number of nitrogen functional groups attached to an aromatic ring is 1. The summed E-state index contributed by atoms with van der Waals surface area (Å²) in [7, 11) is 0. The van der Waals surface area contributed by atoms with Crippen LogP contribution in [-0.4, -0.2) is 16.2 Å². The Hall–Kier alpha value is -2.14. The van der Waals surface area contributed by atoms with Gasteiger partial charge in [-0.1, -0.05) is 11.8 Å². The second kappa shape index (κ2) is 5.01. The predicted molar refractivity (Wildman–Crippen MR) is 70.0 cm³/mol. The van der Waals surface area contributed by atoms with E-state index in [0.717, 1.165) is 9.79 Å². The summed E-state index contributed by atoms with van der Waals surface area (Å²) >= 11 is 1.41. The number of anilines is 1. The lowest BCUT2D eigenvalue weighted by Gasteiger charge is -2.05. The minimum atomic E-state index is -1.15. The van der Waals surface area contributed by atoms with Crippen molar-refractivity contribution in [1.82, 2.24) is 0 Å². The van der Waals surface area contributed by atoms with Crippen molar-refractivity contribution in [2.45, 2.75) is 9.79 Å². The third kappa shape index (κ3) is 2.75. The number of hydrogen-bond acceptors (Lipinski definition) is 4. The number of carbonyl (C=O) groups is 1. The Balaban J connectivity index is 2.27. The molecular weight excluding hydrogens is 250 g/mol. The van der Waals surface area contributed by atoms with E-state index in [2.05, 4.69) is 0 Å². The maximum absolute atomic E-state index is 10.9. The quantitative estimate of drug-likeness (QED) is 0.740. The lowest BCUT2D eigenvalue weighted by Crippen LogP contribution is -1.96. The van der Waals surface area contributed by atoms with Crippen molar-refractivity contribution in [2.75, 3.05) is 5.73 Å². The van der Waals surface area contributed by atoms with Gasteiger partial charge < -0.3 is 15.9 Å². The lowest BCUT2D eigenvalue weighted by molar-refractivity contribution is 0.0693. The Morgan fingerprint density at radius 2 is 1.67 bits per heavy atom. The maximum atomic E-state index is 10.9. The van der Waals surface area contributed by atoms with Gasteiger partial charge in [0.1, 0.15) is 11.3 Å². The molecule has 5 heteroatoms. The summed E-state index contributed by atoms with van der Waals surface area (Å²) in [4.78, 5) is 12.6. The fraction of sp³-hybridized carbons (Fsp3) is 0. The summed E-state index contributed by atoms with van der Waals surface area (Å²) in [6, 6.07) is 11.8. The van der Waals surface area contributed by atoms with Crippen LogP contribution in [0.4, 0.5) is 5.69 Å². The molecule has 0 aromatic heterocycles. The third-order valence-electron chi connectivity index (χ3n) is 2.31. The highest BCUT2D eigenvalue weighted by Crippen LogP contribution is 2.31. The molecule has 0 aliphatic carbocycles. The molecule has 0 fully saturated rings. The second-order valence-electron chi connectivity index (χ2n) is 3.66. The van der Waals surface area contributed by atoms with Crippen LogP contribution in [0.5, 0.6) is 5.75 Å². The Morgan fingerprint density at radius 3 is 2.28 bits per heavy atom. The van der Waals surface area contributed by atoms with Crippen molar-refractivity contribution in [3.63, 3.8) is 0 Å². The molecule has 0 heterocycles. The summed E-state index contributed by atoms with van der Waals surface area (Å²) in [5.41, 5.74) is 6.16. The highest BCUT2D eigenvalue weighted by molar-refractivity contribution is 7.99. The molecule has 2 rings (SSSR count). The first-order valence-electron chi connectivity index (χ1n) is 5.16. The van der Waals surface area contributed by atoms with Crippen molar-refractivity contribution < 1.29 is 15.0 Å². The first-order chi connectivity index (χ1) is 8.56. The van der Waals surface area contributed by atoms with Crippen LogP contribution in [0, 0.1) is 0 Å². The normalized spacial score (nSPS) is 10.2. The van der Waals surface area contributed by atoms with Crippen molar-refractivity contribution in [1.29, 1.82) is 0 Å². The molecule has 0 bridgehead atoms. The highest BCUT2D eigenvalue weighted by Gasteiger charge is 2.10. The molecule has 0 aliphatic rings. The van der Waals surface area contributed by atoms with Crippen molar-refractivity contribution in [2.24, 2.45) is 0 Å². The zero-order chi connectivity index (χ0) is 13.1. The van der Waals surface area contributed by atoms with Crippen LogP contribution in [0.3, 0.4) is 0 Å². The van der Waals surface area contributed by atoms with Crippen molar-refractivity contribution >= 4 is 23.4 Å². The summed E-state index contributed by atoms with van der Waals surface area (Å²) in [6.07, 6.45) is 0. The van der Waals surface area contributed by atoms with E-state index in [-0.39, 0.29) is 11.3 Å². The van der Waals surface area contributed by atoms with E-state index in [9.17, 15) is 9.90 Å². The van der Waals surface area contributed by atoms with E-state index in [1.807, 2.05) is 12.1 Å². The number of nitrogens with two attached hydrogens (primary N) is 1. The van der Waals surface area contributed by atoms with Gasteiger partial charge in [-0.05, 0) is 42.5 Å². The molecule has 2 aromatic rings. The largest absolute Gasteiger partial charge is 0.507 e. The standard InChI is InChI=1S/C13H11NO3S/c14-8-1-3-9(4-2-8)18-10-5-6-12(15)11(7-10)13(16)17/h1-7,15H,14H2,(H,16,17). The van der Waals surface area contributed by atoms with E-state index in [4.69, 9.17) is 10.8 Å². The SMILES string of the molecule is Nc1ccc(Sc2ccc(O)c(C(=O)O)c2)cc1. The van der Waals surface area contributed by atoms with Crippen LogP contribution in [0.2, 0.25) is 0 Å². The first-order valence-corrected chi connectivity index (χ1v) is 5.97. The van der Waals surface area contributed by atoms with Crippen LogP contribution in [0.1, 0.15) is 10.4 Å². The predicted octanol–water partition coefficient (Wildman–Crippen LogP) is 2.82. The van der Waals surface area contributed by atoms with Gasteiger partial charge in [0.2, 0.25) is 0 Å². The highest BCUT2D eigenvalue weighted by atomic mass is 32.2. The van der Waals surface area contributed by atoms with Crippen LogP contribution in [0.15, 0.2) is 52.3 Å². The van der Waals surface area contributed by atoms with E-state index >= 15 is 0 Å². The second-order valence-corrected chi connectivity index (χ2v) is 4.80. The molecule has 0 radical (unpaired) electrons. The number of carboxylic acid groups (broad SMARTS) is 1. The molecule has 18 heavy (non-hydrogen) atoms. The summed E-state index contributed by atoms with van der Waals surface area (Å²) in [6.45, 7) is 0. The van der Waals surface area contributed by atoms with Gasteiger partial charge in [-0.3, -0.25) is 0 Å². The van der Waals surface area contributed by atoms with Gasteiger partial charge >= 0.3 is 5.97 Å². The first kappa shape index (κ1) is 12.3. The van der Waals surface area contributed by atoms with Gasteiger partial charge in [0.05, 0.1) is 0 Å². The molecule has 0 saturated heterocycles. The zero-order valence-corrected chi connectivity index (χ0v) is 10.1. The molecule has 92 valence electrons. The van der Waals surface area contributed by atoms with Gasteiger partial charge in [0.25, 0.3) is 0 Å². The topological polar surface area (TPSA) is 83.5 Å². The summed E-state index contributed by atoms with van der Waals surface area (Å²) in [5.74, 6) is -1.38. The number of rotatable bonds is 3. The average Bonchev–Trinajstić information content (AvgIpc) is 2.34. The van der Waals surface area contributed by atoms with E-state index in [1.54, 1.807) is 18.2 Å². The van der Waals surface area contributed by atoms with Crippen LogP contribution >= 0.6 is 11.8 Å². The Bertz CT molecular complexity index is 581. The smallest absolute Gasteiger partial charge is 0.339 e. The number of carboxylic acids is 1. The van der Waals surface area contributed by atoms with Gasteiger partial charge in [-0.2, -0.15) is 0 Å². The Labute approximate surface area is 108 Å². The minimum absolute atomic E-state index is 0.101. The van der Waals surface area contributed by atoms with Crippen molar-refractivity contribution in [3.05, 3.63) is 48.0 Å². The molecular formula is C13H11NO3S. The van der Waals surface area contributed by atoms with Gasteiger partial charge in [-0.15, -0.1) is 0 Å². The fourth-order valence-electron chi connectivity index (χ4n) is 1.42. The monoisotopic (exact) mass is 261 g/mol. The molecule has 4 nitrogen and oxygen atoms in total. The number of aromatic carboxylic acids is 1. The van der Waals surface area contributed by atoms with E-state index in [1.165, 1.54) is 23.9 Å². The summed E-state index contributed by atoms with van der Waals surface area (Å²) < 4.78 is 0. The van der Waals surface area contributed by atoms with Gasteiger partial charge in [-0.25, -0.2) is 4.79 Å². The Morgan fingerprint density at radius 1 is 1.06 bits per heavy atom. The number of hydrogen-bond donors (Lipinski definition) is 3. The van der Waals surface area contributed by atoms with Crippen LogP contribution < -0.4 is 5.73 Å². The van der Waals surface area contributed by atoms with Gasteiger partial charge in [0.15, 0.2) is 0 Å². The number of phenols is 1. The number of aromatic hydroxyl groups is 1. The van der Waals surface area contributed by atoms with Crippen LogP contribution in [-0.2, 0) is 0 Å². The Kier molecular flexibility index (Phi) is 3.43. The molecule has 4 N–H and O–H groups in total. The number of benzene rings is 2. The van der Waals surface area contributed by atoms with Crippen molar-refractivity contribution in [3.8, 4) is 5.75 Å².